The molecule has 1 amide bonds. The summed E-state index contributed by atoms with van der Waals surface area (Å²) in [6.07, 6.45) is 0. The molecule has 0 radical (unpaired) electrons. The minimum Gasteiger partial charge on any atom is -0.353 e. The average Bonchev–Trinajstić information content (AvgIpc) is 2.88. The Morgan fingerprint density at radius 1 is 1.53 bits per heavy atom. The van der Waals surface area contributed by atoms with Gasteiger partial charge in [-0.25, -0.2) is 0 Å². The monoisotopic (exact) mass is 248 g/mol. The van der Waals surface area contributed by atoms with Crippen molar-refractivity contribution in [3.63, 3.8) is 0 Å². The van der Waals surface area contributed by atoms with E-state index in [1.165, 1.54) is 0 Å². The van der Waals surface area contributed by atoms with Crippen molar-refractivity contribution in [1.29, 1.82) is 0 Å². The first-order valence-corrected chi connectivity index (χ1v) is 6.19. The van der Waals surface area contributed by atoms with E-state index in [0.29, 0.717) is 0 Å². The van der Waals surface area contributed by atoms with Gasteiger partial charge in [0.1, 0.15) is 17.5 Å². The van der Waals surface area contributed by atoms with Crippen LogP contribution in [0.2, 0.25) is 0 Å². The summed E-state index contributed by atoms with van der Waals surface area (Å²) in [5.41, 5.74) is 1.61. The zero-order valence-electron chi connectivity index (χ0n) is 9.52. The van der Waals surface area contributed by atoms with Gasteiger partial charge in [0.2, 0.25) is 0 Å². The number of anilines is 2. The second-order valence-corrected chi connectivity index (χ2v) is 4.99. The minimum atomic E-state index is -0.322. The molecule has 17 heavy (non-hydrogen) atoms. The third-order valence-electron chi connectivity index (χ3n) is 2.84. The van der Waals surface area contributed by atoms with E-state index in [9.17, 15) is 4.79 Å². The summed E-state index contributed by atoms with van der Waals surface area (Å²) >= 11 is 1.57. The Hall–Kier alpha value is -1.82. The molecule has 1 unspecified atom stereocenters. The molecule has 88 valence electrons. The molecule has 1 atom stereocenters. The van der Waals surface area contributed by atoms with E-state index in [0.717, 1.165) is 22.1 Å². The molecule has 0 aliphatic carbocycles. The molecule has 0 bridgehead atoms. The Kier molecular flexibility index (Phi) is 2.19. The quantitative estimate of drug-likeness (QED) is 0.810. The molecule has 2 aromatic rings. The first kappa shape index (κ1) is 10.3. The number of aromatic nitrogens is 2. The van der Waals surface area contributed by atoms with Crippen LogP contribution in [0, 0.1) is 6.92 Å². The highest BCUT2D eigenvalue weighted by atomic mass is 32.1. The van der Waals surface area contributed by atoms with Gasteiger partial charge in [-0.15, -0.1) is 11.3 Å². The van der Waals surface area contributed by atoms with Crippen molar-refractivity contribution in [2.75, 3.05) is 10.6 Å². The summed E-state index contributed by atoms with van der Waals surface area (Å²) in [7, 11) is 1.86. The third kappa shape index (κ3) is 1.52. The van der Waals surface area contributed by atoms with Crippen LogP contribution in [-0.2, 0) is 11.8 Å². The van der Waals surface area contributed by atoms with E-state index in [2.05, 4.69) is 15.7 Å². The maximum absolute atomic E-state index is 12.0. The van der Waals surface area contributed by atoms with Crippen molar-refractivity contribution in [2.45, 2.75) is 13.0 Å². The number of nitrogens with one attached hydrogen (secondary N) is 2. The SMILES string of the molecule is Cc1nn(C)c2c1NC(=O)C(c1cccs1)N2. The first-order chi connectivity index (χ1) is 8.16. The lowest BCUT2D eigenvalue weighted by Crippen LogP contribution is -2.32. The van der Waals surface area contributed by atoms with Crippen LogP contribution in [0.3, 0.4) is 0 Å². The van der Waals surface area contributed by atoms with Gasteiger partial charge in [0.15, 0.2) is 0 Å². The number of thiophene rings is 1. The lowest BCUT2D eigenvalue weighted by atomic mass is 10.1. The number of carbonyl (C=O) groups excluding carboxylic acids is 1. The third-order valence-corrected chi connectivity index (χ3v) is 3.78. The van der Waals surface area contributed by atoms with Gasteiger partial charge in [0.25, 0.3) is 5.91 Å². The molecule has 0 aromatic carbocycles. The summed E-state index contributed by atoms with van der Waals surface area (Å²) in [5.74, 6) is 0.830. The molecule has 2 aromatic heterocycles. The Bertz CT molecular complexity index is 573. The topological polar surface area (TPSA) is 59.0 Å². The number of carbonyl (C=O) groups is 1. The second-order valence-electron chi connectivity index (χ2n) is 4.01. The van der Waals surface area contributed by atoms with Crippen LogP contribution in [0.5, 0.6) is 0 Å². The molecule has 1 aliphatic heterocycles. The zero-order valence-corrected chi connectivity index (χ0v) is 10.3. The summed E-state index contributed by atoms with van der Waals surface area (Å²) in [6.45, 7) is 1.88. The van der Waals surface area contributed by atoms with E-state index in [1.54, 1.807) is 16.0 Å². The molecule has 1 aliphatic rings. The standard InChI is InChI=1S/C11H12N4OS/c1-6-8-10(15(2)14-6)12-9(11(16)13-8)7-4-3-5-17-7/h3-5,9,12H,1-2H3,(H,13,16). The van der Waals surface area contributed by atoms with Crippen molar-refractivity contribution in [2.24, 2.45) is 7.05 Å². The van der Waals surface area contributed by atoms with Crippen molar-refractivity contribution in [1.82, 2.24) is 9.78 Å². The molecule has 0 fully saturated rings. The number of nitrogens with zero attached hydrogens (tertiary/aromatic N) is 2. The van der Waals surface area contributed by atoms with Crippen LogP contribution in [0.1, 0.15) is 16.6 Å². The van der Waals surface area contributed by atoms with Crippen molar-refractivity contribution >= 4 is 28.7 Å². The smallest absolute Gasteiger partial charge is 0.252 e. The van der Waals surface area contributed by atoms with Gasteiger partial charge in [0, 0.05) is 11.9 Å². The number of hydrogen-bond acceptors (Lipinski definition) is 4. The second kappa shape index (κ2) is 3.59. The van der Waals surface area contributed by atoms with E-state index in [-0.39, 0.29) is 11.9 Å². The lowest BCUT2D eigenvalue weighted by Gasteiger charge is -2.24. The molecule has 0 spiro atoms. The Morgan fingerprint density at radius 2 is 2.35 bits per heavy atom. The Morgan fingerprint density at radius 3 is 3.06 bits per heavy atom. The molecule has 3 heterocycles. The predicted molar refractivity (Wildman–Crippen MR) is 67.3 cm³/mol. The maximum Gasteiger partial charge on any atom is 0.252 e. The van der Waals surface area contributed by atoms with Gasteiger partial charge in [-0.3, -0.25) is 9.48 Å². The van der Waals surface area contributed by atoms with E-state index in [1.807, 2.05) is 31.5 Å². The molecular weight excluding hydrogens is 236 g/mol. The fourth-order valence-corrected chi connectivity index (χ4v) is 2.80. The van der Waals surface area contributed by atoms with Gasteiger partial charge in [0.05, 0.1) is 5.69 Å². The van der Waals surface area contributed by atoms with Crippen LogP contribution in [-0.4, -0.2) is 15.7 Å². The van der Waals surface area contributed by atoms with Crippen LogP contribution in [0.25, 0.3) is 0 Å². The fraction of sp³-hybridized carbons (Fsp3) is 0.273. The maximum atomic E-state index is 12.0. The fourth-order valence-electron chi connectivity index (χ4n) is 2.03. The van der Waals surface area contributed by atoms with Crippen LogP contribution < -0.4 is 10.6 Å². The summed E-state index contributed by atoms with van der Waals surface area (Å²) < 4.78 is 1.75. The molecule has 5 nitrogen and oxygen atoms in total. The van der Waals surface area contributed by atoms with Crippen LogP contribution in [0.15, 0.2) is 17.5 Å². The molecule has 0 saturated carbocycles. The number of hydrogen-bond donors (Lipinski definition) is 2. The molecule has 0 saturated heterocycles. The molecule has 3 rings (SSSR count). The Labute approximate surface area is 102 Å². The highest BCUT2D eigenvalue weighted by Crippen LogP contribution is 2.35. The van der Waals surface area contributed by atoms with Gasteiger partial charge >= 0.3 is 0 Å². The van der Waals surface area contributed by atoms with Crippen molar-refractivity contribution in [3.8, 4) is 0 Å². The number of rotatable bonds is 1. The molecule has 2 N–H and O–H groups in total. The number of aryl methyl sites for hydroxylation is 2. The number of fused-ring (bicyclic) bond motifs is 1. The van der Waals surface area contributed by atoms with Crippen LogP contribution >= 0.6 is 11.3 Å². The summed E-state index contributed by atoms with van der Waals surface area (Å²) in [4.78, 5) is 13.0. The predicted octanol–water partition coefficient (Wildman–Crippen LogP) is 1.90. The van der Waals surface area contributed by atoms with E-state index < -0.39 is 0 Å². The first-order valence-electron chi connectivity index (χ1n) is 5.31. The Balaban J connectivity index is 2.03. The van der Waals surface area contributed by atoms with E-state index in [4.69, 9.17) is 0 Å². The van der Waals surface area contributed by atoms with Gasteiger partial charge < -0.3 is 10.6 Å². The van der Waals surface area contributed by atoms with Gasteiger partial charge in [-0.2, -0.15) is 5.10 Å². The highest BCUT2D eigenvalue weighted by Gasteiger charge is 2.31. The summed E-state index contributed by atoms with van der Waals surface area (Å²) in [5, 5.41) is 12.4. The highest BCUT2D eigenvalue weighted by molar-refractivity contribution is 7.10. The largest absolute Gasteiger partial charge is 0.353 e. The molecular formula is C11H12N4OS. The summed E-state index contributed by atoms with van der Waals surface area (Å²) in [6, 6.07) is 3.58. The molecule has 6 heteroatoms. The van der Waals surface area contributed by atoms with Gasteiger partial charge in [-0.05, 0) is 18.4 Å². The van der Waals surface area contributed by atoms with Crippen molar-refractivity contribution < 1.29 is 4.79 Å². The average molecular weight is 248 g/mol. The van der Waals surface area contributed by atoms with E-state index >= 15 is 0 Å². The van der Waals surface area contributed by atoms with Crippen molar-refractivity contribution in [3.05, 3.63) is 28.1 Å². The zero-order chi connectivity index (χ0) is 12.0. The normalized spacial score (nSPS) is 18.5. The minimum absolute atomic E-state index is 0.0314. The number of amides is 1. The lowest BCUT2D eigenvalue weighted by molar-refractivity contribution is -0.117. The van der Waals surface area contributed by atoms with Gasteiger partial charge in [-0.1, -0.05) is 6.07 Å². The van der Waals surface area contributed by atoms with Crippen LogP contribution in [0.4, 0.5) is 11.5 Å².